The number of hydrogen-bond acceptors (Lipinski definition) is 6. The smallest absolute Gasteiger partial charge is 0.254 e. The van der Waals surface area contributed by atoms with E-state index in [-0.39, 0.29) is 5.91 Å². The molecule has 0 radical (unpaired) electrons. The Kier molecular flexibility index (Phi) is 7.18. The van der Waals surface area contributed by atoms with Crippen LogP contribution in [0.1, 0.15) is 23.3 Å². The van der Waals surface area contributed by atoms with Gasteiger partial charge in [-0.3, -0.25) is 4.79 Å². The molecule has 0 aliphatic carbocycles. The Hall–Kier alpha value is -3.47. The number of carbonyl (C=O) groups excluding carboxylic acids is 1. The maximum absolute atomic E-state index is 13.3. The first-order valence-electron chi connectivity index (χ1n) is 10.4. The van der Waals surface area contributed by atoms with Gasteiger partial charge in [0.05, 0.1) is 29.7 Å². The summed E-state index contributed by atoms with van der Waals surface area (Å²) in [5.41, 5.74) is 3.66. The molecule has 2 aromatic carbocycles. The van der Waals surface area contributed by atoms with Crippen LogP contribution in [0.4, 0.5) is 5.69 Å². The number of carbonyl (C=O) groups is 1. The van der Waals surface area contributed by atoms with E-state index in [0.29, 0.717) is 22.6 Å². The van der Waals surface area contributed by atoms with Gasteiger partial charge in [0.2, 0.25) is 0 Å². The number of nitrogens with one attached hydrogen (secondary N) is 2. The number of nitrogens with zero attached hydrogens (tertiary/aromatic N) is 1. The molecule has 0 spiro atoms. The van der Waals surface area contributed by atoms with Gasteiger partial charge in [0, 0.05) is 27.6 Å². The number of thioether (sulfide) groups is 1. The number of amides is 1. The summed E-state index contributed by atoms with van der Waals surface area (Å²) in [7, 11) is 1.65. The van der Waals surface area contributed by atoms with Crippen LogP contribution < -0.4 is 15.4 Å². The summed E-state index contributed by atoms with van der Waals surface area (Å²) < 4.78 is 5.32. The molecular weight excluding hydrogens is 450 g/mol. The van der Waals surface area contributed by atoms with Crippen molar-refractivity contribution in [2.75, 3.05) is 12.4 Å². The molecule has 3 aromatic rings. The molecular formula is C26H23N3O2S2. The van der Waals surface area contributed by atoms with E-state index >= 15 is 0 Å². The molecule has 1 amide bonds. The van der Waals surface area contributed by atoms with E-state index < -0.39 is 5.92 Å². The third-order valence-corrected chi connectivity index (χ3v) is 7.29. The van der Waals surface area contributed by atoms with Gasteiger partial charge in [-0.1, -0.05) is 36.4 Å². The molecule has 0 saturated heterocycles. The van der Waals surface area contributed by atoms with Crippen molar-refractivity contribution in [3.05, 3.63) is 104 Å². The zero-order valence-corrected chi connectivity index (χ0v) is 19.9. The highest BCUT2D eigenvalue weighted by atomic mass is 32.2. The molecule has 4 rings (SSSR count). The zero-order chi connectivity index (χ0) is 23.2. The Labute approximate surface area is 201 Å². The largest absolute Gasteiger partial charge is 0.497 e. The summed E-state index contributed by atoms with van der Waals surface area (Å²) in [4.78, 5) is 14.3. The van der Waals surface area contributed by atoms with Crippen molar-refractivity contribution in [2.24, 2.45) is 0 Å². The maximum atomic E-state index is 13.3. The number of rotatable bonds is 7. The number of methoxy groups -OCH3 is 1. The zero-order valence-electron chi connectivity index (χ0n) is 18.3. The quantitative estimate of drug-likeness (QED) is 0.439. The van der Waals surface area contributed by atoms with Crippen LogP contribution in [0.3, 0.4) is 0 Å². The molecule has 0 fully saturated rings. The van der Waals surface area contributed by atoms with Crippen molar-refractivity contribution >= 4 is 34.7 Å². The standard InChI is InChI=1S/C26H23N3O2S2/c1-17-23(25(30)29-19-9-4-3-5-10-19)24(22-12-7-13-32-22)21(15-27)26(28-17)33-16-18-8-6-11-20(14-18)31-2/h3-14,24,28H,16H2,1-2H3,(H,29,30)/t24-/m1/s1. The third-order valence-electron chi connectivity index (χ3n) is 5.27. The van der Waals surface area contributed by atoms with Crippen LogP contribution in [0.2, 0.25) is 0 Å². The molecule has 1 aliphatic rings. The average Bonchev–Trinajstić information content (AvgIpc) is 3.37. The van der Waals surface area contributed by atoms with E-state index in [1.165, 1.54) is 0 Å². The number of ether oxygens (including phenoxy) is 1. The number of allylic oxidation sites excluding steroid dienone is 2. The molecule has 2 heterocycles. The number of thiophene rings is 1. The highest BCUT2D eigenvalue weighted by molar-refractivity contribution is 8.02. The van der Waals surface area contributed by atoms with Crippen molar-refractivity contribution in [3.8, 4) is 11.8 Å². The average molecular weight is 474 g/mol. The first-order chi connectivity index (χ1) is 16.1. The minimum atomic E-state index is -0.423. The Balaban J connectivity index is 1.66. The number of hydrogen-bond donors (Lipinski definition) is 2. The van der Waals surface area contributed by atoms with Crippen molar-refractivity contribution in [2.45, 2.75) is 18.6 Å². The molecule has 2 N–H and O–H groups in total. The van der Waals surface area contributed by atoms with E-state index in [9.17, 15) is 10.1 Å². The van der Waals surface area contributed by atoms with Crippen LogP contribution in [0.5, 0.6) is 5.75 Å². The first-order valence-corrected chi connectivity index (χ1v) is 12.2. The van der Waals surface area contributed by atoms with E-state index in [0.717, 1.165) is 26.9 Å². The lowest BCUT2D eigenvalue weighted by Gasteiger charge is -2.29. The fourth-order valence-corrected chi connectivity index (χ4v) is 5.58. The second-order valence-corrected chi connectivity index (χ2v) is 9.39. The highest BCUT2D eigenvalue weighted by Crippen LogP contribution is 2.43. The minimum absolute atomic E-state index is 0.214. The number of para-hydroxylation sites is 1. The van der Waals surface area contributed by atoms with Gasteiger partial charge < -0.3 is 15.4 Å². The lowest BCUT2D eigenvalue weighted by atomic mass is 9.86. The number of nitriles is 1. The van der Waals surface area contributed by atoms with Crippen LogP contribution in [-0.4, -0.2) is 13.0 Å². The Morgan fingerprint density at radius 3 is 2.70 bits per heavy atom. The van der Waals surface area contributed by atoms with Gasteiger partial charge in [-0.2, -0.15) is 5.26 Å². The molecule has 0 unspecified atom stereocenters. The van der Waals surface area contributed by atoms with Crippen molar-refractivity contribution in [1.82, 2.24) is 5.32 Å². The Morgan fingerprint density at radius 1 is 1.18 bits per heavy atom. The van der Waals surface area contributed by atoms with Gasteiger partial charge >= 0.3 is 0 Å². The van der Waals surface area contributed by atoms with Gasteiger partial charge in [-0.05, 0) is 48.2 Å². The van der Waals surface area contributed by atoms with E-state index in [1.807, 2.05) is 79.0 Å². The monoisotopic (exact) mass is 473 g/mol. The van der Waals surface area contributed by atoms with Crippen molar-refractivity contribution in [1.29, 1.82) is 5.26 Å². The molecule has 1 aromatic heterocycles. The minimum Gasteiger partial charge on any atom is -0.497 e. The van der Waals surface area contributed by atoms with Gasteiger partial charge in [0.25, 0.3) is 5.91 Å². The molecule has 0 bridgehead atoms. The molecule has 5 nitrogen and oxygen atoms in total. The summed E-state index contributed by atoms with van der Waals surface area (Å²) in [6, 6.07) is 23.5. The van der Waals surface area contributed by atoms with Crippen LogP contribution in [-0.2, 0) is 10.5 Å². The van der Waals surface area contributed by atoms with Crippen LogP contribution in [0.25, 0.3) is 0 Å². The molecule has 1 atom stereocenters. The predicted octanol–water partition coefficient (Wildman–Crippen LogP) is 6.02. The summed E-state index contributed by atoms with van der Waals surface area (Å²) in [6.45, 7) is 1.89. The SMILES string of the molecule is COc1cccc(CSC2=C(C#N)[C@H](c3cccs3)C(C(=O)Nc3ccccc3)=C(C)N2)c1. The second-order valence-electron chi connectivity index (χ2n) is 7.43. The molecule has 0 saturated carbocycles. The maximum Gasteiger partial charge on any atom is 0.254 e. The van der Waals surface area contributed by atoms with E-state index in [2.05, 4.69) is 16.7 Å². The summed E-state index contributed by atoms with van der Waals surface area (Å²) >= 11 is 3.10. The topological polar surface area (TPSA) is 74.1 Å². The first kappa shape index (κ1) is 22.7. The summed E-state index contributed by atoms with van der Waals surface area (Å²) in [6.07, 6.45) is 0. The highest BCUT2D eigenvalue weighted by Gasteiger charge is 2.35. The summed E-state index contributed by atoms with van der Waals surface area (Å²) in [5.74, 6) is 0.828. The molecule has 7 heteroatoms. The van der Waals surface area contributed by atoms with Crippen LogP contribution in [0.15, 0.2) is 94.0 Å². The normalized spacial score (nSPS) is 15.6. The van der Waals surface area contributed by atoms with Crippen LogP contribution >= 0.6 is 23.1 Å². The molecule has 166 valence electrons. The fourth-order valence-electron chi connectivity index (χ4n) is 3.71. The van der Waals surface area contributed by atoms with Gasteiger partial charge in [-0.25, -0.2) is 0 Å². The van der Waals surface area contributed by atoms with Gasteiger partial charge in [0.15, 0.2) is 0 Å². The van der Waals surface area contributed by atoms with E-state index in [1.54, 1.807) is 30.2 Å². The predicted molar refractivity (Wildman–Crippen MR) is 135 cm³/mol. The number of benzene rings is 2. The fraction of sp³-hybridized carbons (Fsp3) is 0.154. The van der Waals surface area contributed by atoms with Crippen LogP contribution in [0, 0.1) is 11.3 Å². The molecule has 1 aliphatic heterocycles. The lowest BCUT2D eigenvalue weighted by Crippen LogP contribution is -2.30. The van der Waals surface area contributed by atoms with Crippen molar-refractivity contribution in [3.63, 3.8) is 0 Å². The number of dihydropyridines is 1. The summed E-state index contributed by atoms with van der Waals surface area (Å²) in [5, 5.41) is 19.2. The molecule has 33 heavy (non-hydrogen) atoms. The van der Waals surface area contributed by atoms with Gasteiger partial charge in [0.1, 0.15) is 5.75 Å². The lowest BCUT2D eigenvalue weighted by molar-refractivity contribution is -0.113. The third kappa shape index (κ3) is 5.14. The second kappa shape index (κ2) is 10.4. The van der Waals surface area contributed by atoms with Gasteiger partial charge in [-0.15, -0.1) is 23.1 Å². The Morgan fingerprint density at radius 2 is 2.00 bits per heavy atom. The van der Waals surface area contributed by atoms with E-state index in [4.69, 9.17) is 4.74 Å². The number of anilines is 1. The Bertz CT molecular complexity index is 1240. The van der Waals surface area contributed by atoms with Crippen molar-refractivity contribution < 1.29 is 9.53 Å².